The van der Waals surface area contributed by atoms with Crippen molar-refractivity contribution in [3.8, 4) is 69.6 Å². The second-order valence-electron chi connectivity index (χ2n) is 21.0. The van der Waals surface area contributed by atoms with E-state index in [1.807, 2.05) is 0 Å². The summed E-state index contributed by atoms with van der Waals surface area (Å²) in [6, 6.07) is 46.9. The van der Waals surface area contributed by atoms with E-state index in [0.29, 0.717) is 87.0 Å². The zero-order chi connectivity index (χ0) is 80.4. The fraction of sp³-hybridized carbons (Fsp3) is 0.123. The van der Waals surface area contributed by atoms with Crippen molar-refractivity contribution in [2.75, 3.05) is 60.9 Å². The number of nitrogens with zero attached hydrogens (tertiary/aromatic N) is 14. The number of oxime groups is 5. The highest BCUT2D eigenvalue weighted by molar-refractivity contribution is 6.47. The van der Waals surface area contributed by atoms with Crippen LogP contribution in [0.25, 0.3) is 0 Å². The molecule has 0 saturated carbocycles. The number of aromatic hydroxyl groups is 2. The van der Waals surface area contributed by atoms with E-state index in [9.17, 15) is 13.9 Å². The average molecular weight is 1690 g/mol. The topological polar surface area (TPSA) is 338 Å². The number of aromatic nitrogens is 8. The number of phenolic OH excluding ortho intramolecular Hbond substituents is 2. The molecule has 0 bridgehead atoms. The summed E-state index contributed by atoms with van der Waals surface area (Å²) >= 11 is 39.3. The molecule has 113 heavy (non-hydrogen) atoms. The third-order valence-corrected chi connectivity index (χ3v) is 15.6. The molecule has 0 atom stereocenters. The summed E-state index contributed by atoms with van der Waals surface area (Å²) in [4.78, 5) is 58.1. The van der Waals surface area contributed by atoms with Crippen molar-refractivity contribution >= 4 is 116 Å². The smallest absolute Gasteiger partial charge is 0.280 e. The normalized spacial score (nSPS) is 12.8. The first-order valence-corrected chi connectivity index (χ1v) is 34.7. The van der Waals surface area contributed by atoms with Crippen molar-refractivity contribution in [3.63, 3.8) is 0 Å². The lowest BCUT2D eigenvalue weighted by Gasteiger charge is -2.17. The van der Waals surface area contributed by atoms with Gasteiger partial charge in [-0.3, -0.25) is 4.99 Å². The van der Waals surface area contributed by atoms with Crippen molar-refractivity contribution in [2.24, 2.45) is 30.8 Å². The van der Waals surface area contributed by atoms with E-state index in [4.69, 9.17) is 148 Å². The Morgan fingerprint density at radius 2 is 0.628 bits per heavy atom. The third kappa shape index (κ3) is 24.6. The highest BCUT2D eigenvalue weighted by atomic mass is 35.5. The summed E-state index contributed by atoms with van der Waals surface area (Å²) in [5, 5.41) is 38.3. The van der Waals surface area contributed by atoms with E-state index in [1.54, 1.807) is 177 Å². The van der Waals surface area contributed by atoms with E-state index in [0.717, 1.165) is 25.3 Å². The van der Waals surface area contributed by atoms with Gasteiger partial charge in [-0.2, -0.15) is 38.1 Å². The Kier molecular flexibility index (Phi) is 32.9. The van der Waals surface area contributed by atoms with E-state index in [2.05, 4.69) is 70.6 Å². The summed E-state index contributed by atoms with van der Waals surface area (Å²) in [7, 11) is 4.35. The van der Waals surface area contributed by atoms with Gasteiger partial charge in [0.1, 0.15) is 105 Å². The average Bonchev–Trinajstić information content (AvgIpc) is 0.799. The fourth-order valence-corrected chi connectivity index (χ4v) is 9.70. The van der Waals surface area contributed by atoms with Gasteiger partial charge in [-0.25, -0.2) is 19.3 Å². The van der Waals surface area contributed by atoms with Crippen LogP contribution in [0.3, 0.4) is 0 Å². The standard InChI is InChI=1S/C21H16ClFN4O5.C21H16ClFN4O4.C11H12N2O4.C10H5Cl2FN2O.C6H5ClO.C4HCl2FN2/c1-28-26-18(21-27-30-11-10-29-21)13-6-2-4-8-15(13)31-19-17(23)20(25-12-24-19)32-16-9-5-3-7-14(16)22;1-24-18(21-27-29-11-10-28-21)13-6-2-4-8-15(13)30-19-17(23)20(26-12-25-19)31-16-9-5-3-7-14(16)22;1-15-12-10(11-13-17-7-6-16-11)8-4-2-3-5-9(8)14;11-6-3-1-2-4-7(6)16-10-8(13)9(12)14-5-15-10;7-5-3-1-2-4-6(5)8;5-3-2(7)4(6)9-1-8-3/h2-9,12H,10-11H2,1H3;2-9,12H,10-11H2,1H3;2-5,14H,6-7H2,1H3;1-5H;1-4,8H;1H/b26-18-;;12-10-;;;. The Labute approximate surface area is 673 Å². The van der Waals surface area contributed by atoms with Crippen LogP contribution in [0.4, 0.5) is 17.6 Å². The molecule has 0 aliphatic carbocycles. The van der Waals surface area contributed by atoms with Crippen LogP contribution < -0.4 is 23.7 Å². The molecular formula is C73H55Cl7F4N14O15. The molecule has 14 rings (SSSR count). The summed E-state index contributed by atoms with van der Waals surface area (Å²) in [5.74, 6) is -3.04. The molecule has 11 aromatic rings. The van der Waals surface area contributed by atoms with Crippen LogP contribution in [-0.2, 0) is 38.4 Å². The van der Waals surface area contributed by atoms with E-state index < -0.39 is 23.3 Å². The van der Waals surface area contributed by atoms with Crippen LogP contribution in [0.1, 0.15) is 16.7 Å². The van der Waals surface area contributed by atoms with Gasteiger partial charge in [0.05, 0.1) is 31.2 Å². The molecule has 7 aromatic carbocycles. The number of ether oxygens (including phenoxy) is 8. The van der Waals surface area contributed by atoms with Gasteiger partial charge in [-0.05, 0) is 100 Å². The highest BCUT2D eigenvalue weighted by Crippen LogP contribution is 2.37. The van der Waals surface area contributed by atoms with Crippen molar-refractivity contribution in [2.45, 2.75) is 0 Å². The van der Waals surface area contributed by atoms with Gasteiger partial charge in [-0.1, -0.05) is 176 Å². The van der Waals surface area contributed by atoms with Gasteiger partial charge in [0.15, 0.2) is 52.5 Å². The van der Waals surface area contributed by atoms with Crippen molar-refractivity contribution in [3.05, 3.63) is 271 Å². The van der Waals surface area contributed by atoms with Gasteiger partial charge in [0.25, 0.3) is 47.1 Å². The summed E-state index contributed by atoms with van der Waals surface area (Å²) < 4.78 is 99.8. The number of para-hydroxylation sites is 7. The van der Waals surface area contributed by atoms with Gasteiger partial charge < -0.3 is 72.3 Å². The molecule has 40 heteroatoms. The number of hydrogen-bond donors (Lipinski definition) is 2. The molecule has 3 aliphatic heterocycles. The van der Waals surface area contributed by atoms with Crippen LogP contribution in [0, 0.1) is 23.3 Å². The Morgan fingerprint density at radius 1 is 0.336 bits per heavy atom. The van der Waals surface area contributed by atoms with Crippen molar-refractivity contribution in [1.29, 1.82) is 0 Å². The number of halogens is 11. The van der Waals surface area contributed by atoms with Crippen molar-refractivity contribution < 1.29 is 89.9 Å². The number of phenols is 2. The SMILES string of the molecule is CN=C(C1=NOCCO1)c1ccccc1Oc1ncnc(Oc2ccccc2Cl)c1F.CO/N=C(\C1=NOCCO1)c1ccccc1O.CO/N=C(\C1=NOCCO1)c1ccccc1Oc1ncnc(Oc2ccccc2Cl)c1F.Fc1c(Cl)ncnc1Cl.Fc1c(Cl)ncnc1Oc1ccccc1Cl.Oc1ccccc1Cl. The second-order valence-corrected chi connectivity index (χ2v) is 23.7. The molecule has 0 spiro atoms. The monoisotopic (exact) mass is 1690 g/mol. The molecule has 0 radical (unpaired) electrons. The lowest BCUT2D eigenvalue weighted by atomic mass is 10.1. The minimum Gasteiger partial charge on any atom is -0.507 e. The quantitative estimate of drug-likeness (QED) is 0.0349. The molecule has 584 valence electrons. The first-order valence-electron chi connectivity index (χ1n) is 32.1. The van der Waals surface area contributed by atoms with E-state index >= 15 is 8.78 Å². The molecule has 2 N–H and O–H groups in total. The first kappa shape index (κ1) is 84.6. The Hall–Kier alpha value is -12.4. The highest BCUT2D eigenvalue weighted by Gasteiger charge is 2.27. The van der Waals surface area contributed by atoms with E-state index in [1.165, 1.54) is 14.2 Å². The van der Waals surface area contributed by atoms with Crippen LogP contribution in [0.15, 0.2) is 226 Å². The predicted molar refractivity (Wildman–Crippen MR) is 409 cm³/mol. The number of aliphatic imine (C=N–C) groups is 1. The number of hydrogen-bond acceptors (Lipinski definition) is 29. The number of rotatable bonds is 18. The summed E-state index contributed by atoms with van der Waals surface area (Å²) in [5.41, 5.74) is 2.28. The molecule has 0 amide bonds. The lowest BCUT2D eigenvalue weighted by molar-refractivity contribution is 0.0672. The maximum Gasteiger partial charge on any atom is 0.280 e. The molecule has 4 aromatic heterocycles. The summed E-state index contributed by atoms with van der Waals surface area (Å²) in [6.45, 7) is 2.05. The maximum absolute atomic E-state index is 15.1. The minimum atomic E-state index is -0.915. The lowest BCUT2D eigenvalue weighted by Crippen LogP contribution is -2.25. The minimum absolute atomic E-state index is 0.0696. The Morgan fingerprint density at radius 3 is 0.965 bits per heavy atom. The van der Waals surface area contributed by atoms with Gasteiger partial charge in [0, 0.05) is 12.6 Å². The Bertz CT molecular complexity index is 5210. The van der Waals surface area contributed by atoms with Gasteiger partial charge in [-0.15, -0.1) is 0 Å². The zero-order valence-electron chi connectivity index (χ0n) is 58.3. The first-order chi connectivity index (χ1) is 54.9. The van der Waals surface area contributed by atoms with Crippen LogP contribution in [0.5, 0.6) is 69.6 Å². The van der Waals surface area contributed by atoms with Crippen LogP contribution in [-0.4, -0.2) is 146 Å². The third-order valence-electron chi connectivity index (χ3n) is 13.6. The zero-order valence-corrected chi connectivity index (χ0v) is 63.6. The van der Waals surface area contributed by atoms with Crippen LogP contribution >= 0.6 is 81.2 Å². The predicted octanol–water partition coefficient (Wildman–Crippen LogP) is 18.0. The Balaban J connectivity index is 0.000000166. The number of benzene rings is 7. The maximum atomic E-state index is 15.1. The molecule has 7 heterocycles. The largest absolute Gasteiger partial charge is 0.507 e. The fourth-order valence-electron chi connectivity index (χ4n) is 8.60. The molecule has 3 aliphatic rings. The molecule has 0 fully saturated rings. The summed E-state index contributed by atoms with van der Waals surface area (Å²) in [6.07, 6.45) is 4.44. The van der Waals surface area contributed by atoms with Gasteiger partial charge in [0.2, 0.25) is 17.5 Å². The molecule has 0 unspecified atom stereocenters. The van der Waals surface area contributed by atoms with Crippen molar-refractivity contribution in [1.82, 2.24) is 39.9 Å². The van der Waals surface area contributed by atoms with Crippen LogP contribution in [0.2, 0.25) is 35.5 Å². The molecule has 29 nitrogen and oxygen atoms in total. The second kappa shape index (κ2) is 43.9. The van der Waals surface area contributed by atoms with E-state index in [-0.39, 0.29) is 109 Å². The molecular weight excluding hydrogens is 1640 g/mol. The molecule has 0 saturated heterocycles. The van der Waals surface area contributed by atoms with Gasteiger partial charge >= 0.3 is 0 Å².